The molecule has 2 aromatic rings. The first-order valence-corrected chi connectivity index (χ1v) is 8.82. The van der Waals surface area contributed by atoms with Gasteiger partial charge in [-0.1, -0.05) is 51.8 Å². The van der Waals surface area contributed by atoms with Crippen molar-refractivity contribution in [2.75, 3.05) is 6.61 Å². The van der Waals surface area contributed by atoms with E-state index in [2.05, 4.69) is 32.5 Å². The maximum atomic E-state index is 12.0. The molecule has 0 saturated heterocycles. The Morgan fingerprint density at radius 2 is 2.08 bits per heavy atom. The van der Waals surface area contributed by atoms with Crippen LogP contribution in [0.5, 0.6) is 5.75 Å². The molecule has 124 valence electrons. The van der Waals surface area contributed by atoms with Gasteiger partial charge in [0.2, 0.25) is 0 Å². The number of carbonyl (C=O) groups is 1. The Morgan fingerprint density at radius 1 is 1.25 bits per heavy atom. The van der Waals surface area contributed by atoms with Crippen LogP contribution in [0.25, 0.3) is 0 Å². The van der Waals surface area contributed by atoms with E-state index >= 15 is 0 Å². The van der Waals surface area contributed by atoms with Crippen LogP contribution in [0.3, 0.4) is 0 Å². The van der Waals surface area contributed by atoms with Gasteiger partial charge in [-0.25, -0.2) is 5.43 Å². The number of fused-ring (bicyclic) bond motifs is 1. The average molecular weight is 408 g/mol. The summed E-state index contributed by atoms with van der Waals surface area (Å²) in [6.45, 7) is -0.139. The van der Waals surface area contributed by atoms with E-state index in [0.29, 0.717) is 10.8 Å². The summed E-state index contributed by atoms with van der Waals surface area (Å²) in [6.07, 6.45) is 2.95. The zero-order valence-electron chi connectivity index (χ0n) is 12.9. The highest BCUT2D eigenvalue weighted by Crippen LogP contribution is 2.27. The summed E-state index contributed by atoms with van der Waals surface area (Å²) < 4.78 is 6.28. The SMILES string of the molecule is O=C(COc1ccc(Br)cc1Cl)NN=C1CCCc2ccccc21. The van der Waals surface area contributed by atoms with Gasteiger partial charge in [0, 0.05) is 10.0 Å². The van der Waals surface area contributed by atoms with Crippen molar-refractivity contribution in [1.82, 2.24) is 5.43 Å². The third kappa shape index (κ3) is 4.16. The molecule has 4 nitrogen and oxygen atoms in total. The fourth-order valence-electron chi connectivity index (χ4n) is 2.61. The van der Waals surface area contributed by atoms with Gasteiger partial charge >= 0.3 is 0 Å². The Balaban J connectivity index is 1.60. The number of carbonyl (C=O) groups excluding carboxylic acids is 1. The molecule has 0 saturated carbocycles. The Kier molecular flexibility index (Phi) is 5.53. The van der Waals surface area contributed by atoms with Crippen LogP contribution >= 0.6 is 27.5 Å². The number of hydrogen-bond donors (Lipinski definition) is 1. The fraction of sp³-hybridized carbons (Fsp3) is 0.222. The Bertz CT molecular complexity index is 792. The molecule has 0 radical (unpaired) electrons. The lowest BCUT2D eigenvalue weighted by molar-refractivity contribution is -0.123. The van der Waals surface area contributed by atoms with E-state index in [1.54, 1.807) is 18.2 Å². The zero-order chi connectivity index (χ0) is 16.9. The summed E-state index contributed by atoms with van der Waals surface area (Å²) in [5.74, 6) is 0.148. The number of halogens is 2. The lowest BCUT2D eigenvalue weighted by Crippen LogP contribution is -2.27. The maximum absolute atomic E-state index is 12.0. The average Bonchev–Trinajstić information content (AvgIpc) is 2.59. The van der Waals surface area contributed by atoms with Crippen molar-refractivity contribution < 1.29 is 9.53 Å². The van der Waals surface area contributed by atoms with Crippen LogP contribution in [0.2, 0.25) is 5.02 Å². The molecular weight excluding hydrogens is 392 g/mol. The van der Waals surface area contributed by atoms with Gasteiger partial charge in [0.1, 0.15) is 5.75 Å². The number of amides is 1. The van der Waals surface area contributed by atoms with Gasteiger partial charge in [0.15, 0.2) is 6.61 Å². The summed E-state index contributed by atoms with van der Waals surface area (Å²) in [4.78, 5) is 12.0. The molecule has 0 aromatic heterocycles. The molecular formula is C18H16BrClN2O2. The van der Waals surface area contributed by atoms with E-state index in [0.717, 1.165) is 35.0 Å². The molecule has 1 aliphatic carbocycles. The predicted octanol–water partition coefficient (Wildman–Crippen LogP) is 4.34. The quantitative estimate of drug-likeness (QED) is 0.767. The Labute approximate surface area is 154 Å². The smallest absolute Gasteiger partial charge is 0.277 e. The summed E-state index contributed by atoms with van der Waals surface area (Å²) in [5, 5.41) is 4.72. The molecule has 1 N–H and O–H groups in total. The first-order valence-electron chi connectivity index (χ1n) is 7.65. The van der Waals surface area contributed by atoms with Gasteiger partial charge in [-0.15, -0.1) is 0 Å². The van der Waals surface area contributed by atoms with Crippen molar-refractivity contribution in [2.45, 2.75) is 19.3 Å². The second kappa shape index (κ2) is 7.81. The minimum atomic E-state index is -0.315. The van der Waals surface area contributed by atoms with Gasteiger partial charge in [0.25, 0.3) is 5.91 Å². The number of nitrogens with one attached hydrogen (secondary N) is 1. The number of benzene rings is 2. The van der Waals surface area contributed by atoms with E-state index in [1.165, 1.54) is 5.56 Å². The van der Waals surface area contributed by atoms with Gasteiger partial charge in [0.05, 0.1) is 10.7 Å². The van der Waals surface area contributed by atoms with E-state index in [1.807, 2.05) is 18.2 Å². The van der Waals surface area contributed by atoms with Gasteiger partial charge in [-0.05, 0) is 43.0 Å². The van der Waals surface area contributed by atoms with E-state index in [9.17, 15) is 4.79 Å². The van der Waals surface area contributed by atoms with Crippen LogP contribution in [-0.4, -0.2) is 18.2 Å². The van der Waals surface area contributed by atoms with Crippen molar-refractivity contribution in [1.29, 1.82) is 0 Å². The topological polar surface area (TPSA) is 50.7 Å². The highest BCUT2D eigenvalue weighted by atomic mass is 79.9. The first kappa shape index (κ1) is 17.0. The number of aryl methyl sites for hydroxylation is 1. The Hall–Kier alpha value is -1.85. The fourth-order valence-corrected chi connectivity index (χ4v) is 3.34. The summed E-state index contributed by atoms with van der Waals surface area (Å²) in [6, 6.07) is 13.4. The molecule has 1 aliphatic rings. The second-order valence-electron chi connectivity index (χ2n) is 5.47. The van der Waals surface area contributed by atoms with Crippen LogP contribution in [0.4, 0.5) is 0 Å². The number of ether oxygens (including phenoxy) is 1. The molecule has 0 fully saturated rings. The molecule has 24 heavy (non-hydrogen) atoms. The molecule has 0 heterocycles. The highest BCUT2D eigenvalue weighted by molar-refractivity contribution is 9.10. The first-order chi connectivity index (χ1) is 11.6. The van der Waals surface area contributed by atoms with E-state index in [-0.39, 0.29) is 12.5 Å². The molecule has 3 rings (SSSR count). The molecule has 0 atom stereocenters. The Morgan fingerprint density at radius 3 is 2.92 bits per heavy atom. The van der Waals surface area contributed by atoms with Gasteiger partial charge < -0.3 is 4.74 Å². The standard InChI is InChI=1S/C18H16BrClN2O2/c19-13-8-9-17(15(20)10-13)24-11-18(23)22-21-16-7-3-5-12-4-1-2-6-14(12)16/h1-2,4,6,8-10H,3,5,7,11H2,(H,22,23). The zero-order valence-corrected chi connectivity index (χ0v) is 15.2. The molecule has 2 aromatic carbocycles. The van der Waals surface area contributed by atoms with Crippen LogP contribution in [0, 0.1) is 0 Å². The minimum absolute atomic E-state index is 0.139. The van der Waals surface area contributed by atoms with Gasteiger partial charge in [-0.3, -0.25) is 4.79 Å². The number of nitrogens with zero attached hydrogens (tertiary/aromatic N) is 1. The van der Waals surface area contributed by atoms with E-state index < -0.39 is 0 Å². The summed E-state index contributed by atoms with van der Waals surface area (Å²) in [5.41, 5.74) is 5.86. The predicted molar refractivity (Wildman–Crippen MR) is 98.7 cm³/mol. The van der Waals surface area contributed by atoms with Crippen LogP contribution in [-0.2, 0) is 11.2 Å². The summed E-state index contributed by atoms with van der Waals surface area (Å²) >= 11 is 9.38. The number of hydrazone groups is 1. The van der Waals surface area contributed by atoms with Crippen LogP contribution in [0.1, 0.15) is 24.0 Å². The monoisotopic (exact) mass is 406 g/mol. The van der Waals surface area contributed by atoms with Crippen molar-refractivity contribution in [3.05, 3.63) is 63.1 Å². The molecule has 0 aliphatic heterocycles. The van der Waals surface area contributed by atoms with Crippen molar-refractivity contribution in [3.8, 4) is 5.75 Å². The van der Waals surface area contributed by atoms with Crippen molar-refractivity contribution in [2.24, 2.45) is 5.10 Å². The van der Waals surface area contributed by atoms with Crippen LogP contribution in [0.15, 0.2) is 52.0 Å². The van der Waals surface area contributed by atoms with Crippen molar-refractivity contribution in [3.63, 3.8) is 0 Å². The summed E-state index contributed by atoms with van der Waals surface area (Å²) in [7, 11) is 0. The van der Waals surface area contributed by atoms with E-state index in [4.69, 9.17) is 16.3 Å². The lowest BCUT2D eigenvalue weighted by atomic mass is 9.90. The number of hydrogen-bond acceptors (Lipinski definition) is 3. The van der Waals surface area contributed by atoms with Crippen LogP contribution < -0.4 is 10.2 Å². The van der Waals surface area contributed by atoms with Gasteiger partial charge in [-0.2, -0.15) is 5.10 Å². The molecule has 6 heteroatoms. The minimum Gasteiger partial charge on any atom is -0.482 e. The molecule has 0 bridgehead atoms. The normalized spacial score (nSPS) is 15.0. The second-order valence-corrected chi connectivity index (χ2v) is 6.79. The largest absolute Gasteiger partial charge is 0.482 e. The van der Waals surface area contributed by atoms with Crippen molar-refractivity contribution >= 4 is 39.1 Å². The third-order valence-electron chi connectivity index (χ3n) is 3.76. The molecule has 1 amide bonds. The lowest BCUT2D eigenvalue weighted by Gasteiger charge is -2.17. The number of rotatable bonds is 4. The molecule has 0 unspecified atom stereocenters. The highest BCUT2D eigenvalue weighted by Gasteiger charge is 2.15. The maximum Gasteiger partial charge on any atom is 0.277 e. The third-order valence-corrected chi connectivity index (χ3v) is 4.54. The molecule has 0 spiro atoms.